The minimum Gasteiger partial charge on any atom is -0.351 e. The molecule has 8 nitrogen and oxygen atoms in total. The SMILES string of the molecule is CCCNC(=O)c1csc(-c2c(-c3ccc(F)cc3)n[nH]c2C2CCN(C(=O)C(C)=O)CC2)n1. The second-order valence-electron chi connectivity index (χ2n) is 8.28. The van der Waals surface area contributed by atoms with Gasteiger partial charge in [-0.05, 0) is 43.5 Å². The number of halogens is 1. The molecule has 0 bridgehead atoms. The number of benzene rings is 1. The molecule has 0 radical (unpaired) electrons. The van der Waals surface area contributed by atoms with Crippen LogP contribution in [-0.2, 0) is 9.59 Å². The summed E-state index contributed by atoms with van der Waals surface area (Å²) in [7, 11) is 0. The number of aromatic nitrogens is 3. The molecule has 4 rings (SSSR count). The molecule has 1 aliphatic heterocycles. The Morgan fingerprint density at radius 1 is 1.21 bits per heavy atom. The van der Waals surface area contributed by atoms with E-state index in [1.807, 2.05) is 6.92 Å². The Labute approximate surface area is 200 Å². The number of amides is 2. The van der Waals surface area contributed by atoms with Crippen LogP contribution in [0.25, 0.3) is 21.8 Å². The molecule has 1 aromatic carbocycles. The zero-order valence-electron chi connectivity index (χ0n) is 19.1. The third-order valence-electron chi connectivity index (χ3n) is 5.89. The van der Waals surface area contributed by atoms with E-state index in [-0.39, 0.29) is 17.6 Å². The number of carbonyl (C=O) groups is 3. The van der Waals surface area contributed by atoms with Crippen molar-refractivity contribution in [2.45, 2.75) is 39.0 Å². The number of piperidine rings is 1. The third kappa shape index (κ3) is 4.91. The number of H-pyrrole nitrogens is 1. The predicted molar refractivity (Wildman–Crippen MR) is 127 cm³/mol. The third-order valence-corrected chi connectivity index (χ3v) is 6.75. The molecule has 1 fully saturated rings. The van der Waals surface area contributed by atoms with E-state index >= 15 is 0 Å². The molecule has 2 N–H and O–H groups in total. The number of thiazole rings is 1. The average Bonchev–Trinajstić information content (AvgIpc) is 3.50. The van der Waals surface area contributed by atoms with Crippen molar-refractivity contribution in [3.63, 3.8) is 0 Å². The van der Waals surface area contributed by atoms with Crippen molar-refractivity contribution in [3.05, 3.63) is 46.9 Å². The van der Waals surface area contributed by atoms with Gasteiger partial charge < -0.3 is 10.2 Å². The maximum absolute atomic E-state index is 13.5. The summed E-state index contributed by atoms with van der Waals surface area (Å²) in [6.45, 7) is 4.77. The number of carbonyl (C=O) groups excluding carboxylic acids is 3. The monoisotopic (exact) mass is 483 g/mol. The van der Waals surface area contributed by atoms with E-state index in [1.165, 1.54) is 30.4 Å². The lowest BCUT2D eigenvalue weighted by Gasteiger charge is -2.31. The molecule has 0 spiro atoms. The van der Waals surface area contributed by atoms with Crippen molar-refractivity contribution < 1.29 is 18.8 Å². The Morgan fingerprint density at radius 2 is 1.91 bits per heavy atom. The lowest BCUT2D eigenvalue weighted by molar-refractivity contribution is -0.144. The van der Waals surface area contributed by atoms with Gasteiger partial charge in [0.15, 0.2) is 0 Å². The topological polar surface area (TPSA) is 108 Å². The van der Waals surface area contributed by atoms with Crippen molar-refractivity contribution in [3.8, 4) is 21.8 Å². The quantitative estimate of drug-likeness (QED) is 0.498. The lowest BCUT2D eigenvalue weighted by atomic mass is 9.90. The summed E-state index contributed by atoms with van der Waals surface area (Å²) in [5, 5.41) is 12.9. The van der Waals surface area contributed by atoms with Crippen molar-refractivity contribution in [2.75, 3.05) is 19.6 Å². The van der Waals surface area contributed by atoms with E-state index in [1.54, 1.807) is 22.4 Å². The first-order valence-electron chi connectivity index (χ1n) is 11.3. The summed E-state index contributed by atoms with van der Waals surface area (Å²) in [6, 6.07) is 6.08. The van der Waals surface area contributed by atoms with Crippen LogP contribution in [0, 0.1) is 5.82 Å². The van der Waals surface area contributed by atoms with E-state index in [0.29, 0.717) is 48.9 Å². The highest BCUT2D eigenvalue weighted by molar-refractivity contribution is 7.13. The van der Waals surface area contributed by atoms with Gasteiger partial charge in [-0.25, -0.2) is 9.37 Å². The molecule has 2 amide bonds. The number of rotatable bonds is 7. The largest absolute Gasteiger partial charge is 0.351 e. The fourth-order valence-corrected chi connectivity index (χ4v) is 4.96. The number of likely N-dealkylation sites (tertiary alicyclic amines) is 1. The Morgan fingerprint density at radius 3 is 2.56 bits per heavy atom. The van der Waals surface area contributed by atoms with Crippen LogP contribution in [0.1, 0.15) is 55.2 Å². The molecule has 178 valence electrons. The zero-order valence-corrected chi connectivity index (χ0v) is 19.9. The van der Waals surface area contributed by atoms with E-state index in [9.17, 15) is 18.8 Å². The Hall–Kier alpha value is -3.40. The smallest absolute Gasteiger partial charge is 0.289 e. The van der Waals surface area contributed by atoms with E-state index in [4.69, 9.17) is 0 Å². The van der Waals surface area contributed by atoms with Gasteiger partial charge in [0.25, 0.3) is 11.8 Å². The summed E-state index contributed by atoms with van der Waals surface area (Å²) in [5.41, 5.74) is 3.35. The van der Waals surface area contributed by atoms with Gasteiger partial charge in [-0.15, -0.1) is 11.3 Å². The van der Waals surface area contributed by atoms with Crippen LogP contribution in [0.3, 0.4) is 0 Å². The molecule has 1 saturated heterocycles. The molecule has 1 aliphatic rings. The van der Waals surface area contributed by atoms with Gasteiger partial charge in [-0.1, -0.05) is 6.92 Å². The van der Waals surface area contributed by atoms with E-state index < -0.39 is 11.7 Å². The minimum absolute atomic E-state index is 0.0639. The average molecular weight is 484 g/mol. The second-order valence-corrected chi connectivity index (χ2v) is 9.14. The Balaban J connectivity index is 1.68. The Kier molecular flexibility index (Phi) is 7.16. The standard InChI is InChI=1S/C24H26FN5O3S/c1-3-10-26-22(32)18-13-34-23(27-18)19-20(15-4-6-17(25)7-5-15)28-29-21(19)16-8-11-30(12-9-16)24(33)14(2)31/h4-7,13,16H,3,8-12H2,1-2H3,(H,26,32)(H,28,29). The second kappa shape index (κ2) is 10.3. The van der Waals surface area contributed by atoms with E-state index in [0.717, 1.165) is 23.2 Å². The first-order chi connectivity index (χ1) is 16.4. The highest BCUT2D eigenvalue weighted by Gasteiger charge is 2.31. The molecule has 0 unspecified atom stereocenters. The lowest BCUT2D eigenvalue weighted by Crippen LogP contribution is -2.41. The van der Waals surface area contributed by atoms with Gasteiger partial charge in [0.1, 0.15) is 22.2 Å². The van der Waals surface area contributed by atoms with Gasteiger partial charge in [-0.3, -0.25) is 19.5 Å². The van der Waals surface area contributed by atoms with Gasteiger partial charge >= 0.3 is 0 Å². The number of hydrogen-bond donors (Lipinski definition) is 2. The van der Waals surface area contributed by atoms with Crippen molar-refractivity contribution in [2.24, 2.45) is 0 Å². The molecule has 10 heteroatoms. The zero-order chi connectivity index (χ0) is 24.2. The summed E-state index contributed by atoms with van der Waals surface area (Å²) in [4.78, 5) is 42.1. The molecule has 2 aromatic heterocycles. The predicted octanol–water partition coefficient (Wildman–Crippen LogP) is 3.77. The molecule has 34 heavy (non-hydrogen) atoms. The molecular formula is C24H26FN5O3S. The van der Waals surface area contributed by atoms with Crippen LogP contribution < -0.4 is 5.32 Å². The van der Waals surface area contributed by atoms with Crippen LogP contribution in [0.15, 0.2) is 29.6 Å². The number of aromatic amines is 1. The molecule has 0 saturated carbocycles. The van der Waals surface area contributed by atoms with Gasteiger partial charge in [-0.2, -0.15) is 5.10 Å². The van der Waals surface area contributed by atoms with Crippen LogP contribution in [-0.4, -0.2) is 57.3 Å². The highest BCUT2D eigenvalue weighted by atomic mass is 32.1. The van der Waals surface area contributed by atoms with Gasteiger partial charge in [0.05, 0.1) is 5.56 Å². The van der Waals surface area contributed by atoms with Crippen molar-refractivity contribution >= 4 is 28.9 Å². The van der Waals surface area contributed by atoms with Crippen LogP contribution in [0.5, 0.6) is 0 Å². The highest BCUT2D eigenvalue weighted by Crippen LogP contribution is 2.41. The number of ketones is 1. The maximum Gasteiger partial charge on any atom is 0.289 e. The summed E-state index contributed by atoms with van der Waals surface area (Å²) in [5.74, 6) is -1.43. The molecule has 3 aromatic rings. The summed E-state index contributed by atoms with van der Waals surface area (Å²) < 4.78 is 13.5. The molecule has 0 aliphatic carbocycles. The van der Waals surface area contributed by atoms with Crippen LogP contribution in [0.2, 0.25) is 0 Å². The summed E-state index contributed by atoms with van der Waals surface area (Å²) >= 11 is 1.35. The molecule has 0 atom stereocenters. The summed E-state index contributed by atoms with van der Waals surface area (Å²) in [6.07, 6.45) is 2.15. The fourth-order valence-electron chi connectivity index (χ4n) is 4.10. The first-order valence-corrected chi connectivity index (χ1v) is 12.1. The first kappa shape index (κ1) is 23.7. The van der Waals surface area contributed by atoms with Gasteiger partial charge in [0.2, 0.25) is 5.78 Å². The normalized spacial score (nSPS) is 14.3. The van der Waals surface area contributed by atoms with Gasteiger partial charge in [0, 0.05) is 49.1 Å². The number of hydrogen-bond acceptors (Lipinski definition) is 6. The molecular weight excluding hydrogens is 457 g/mol. The van der Waals surface area contributed by atoms with Crippen LogP contribution >= 0.6 is 11.3 Å². The fraction of sp³-hybridized carbons (Fsp3) is 0.375. The van der Waals surface area contributed by atoms with E-state index in [2.05, 4.69) is 20.5 Å². The van der Waals surface area contributed by atoms with Crippen molar-refractivity contribution in [1.29, 1.82) is 0 Å². The minimum atomic E-state index is -0.462. The number of nitrogens with zero attached hydrogens (tertiary/aromatic N) is 3. The maximum atomic E-state index is 13.5. The van der Waals surface area contributed by atoms with Crippen LogP contribution in [0.4, 0.5) is 4.39 Å². The Bertz CT molecular complexity index is 1200. The van der Waals surface area contributed by atoms with Crippen molar-refractivity contribution in [1.82, 2.24) is 25.4 Å². The number of nitrogens with one attached hydrogen (secondary N) is 2. The number of Topliss-reactive ketones (excluding diaryl/α,β-unsaturated/α-hetero) is 1. The molecule has 3 heterocycles.